The molecular weight excluding hydrogens is 222 g/mol. The first-order valence-corrected chi connectivity index (χ1v) is 6.49. The van der Waals surface area contributed by atoms with Crippen molar-refractivity contribution in [2.75, 3.05) is 13.1 Å². The van der Waals surface area contributed by atoms with Crippen molar-refractivity contribution in [1.82, 2.24) is 5.32 Å². The van der Waals surface area contributed by atoms with Gasteiger partial charge in [-0.15, -0.1) is 0 Å². The standard InChI is InChI=1S/C16H17NO/c1-11(15-9-17-10-15)16(18)14-7-6-12-4-2-3-5-13(12)8-14/h2-8,11,15,17H,9-10H2,1H3. The summed E-state index contributed by atoms with van der Waals surface area (Å²) < 4.78 is 0. The Morgan fingerprint density at radius 2 is 1.89 bits per heavy atom. The van der Waals surface area contributed by atoms with E-state index in [0.29, 0.717) is 5.92 Å². The highest BCUT2D eigenvalue weighted by Gasteiger charge is 2.29. The lowest BCUT2D eigenvalue weighted by Crippen LogP contribution is -2.47. The second kappa shape index (κ2) is 4.54. The van der Waals surface area contributed by atoms with Crippen LogP contribution in [0.2, 0.25) is 0 Å². The molecule has 1 aliphatic rings. The predicted octanol–water partition coefficient (Wildman–Crippen LogP) is 2.88. The molecule has 2 heteroatoms. The van der Waals surface area contributed by atoms with Gasteiger partial charge in [-0.3, -0.25) is 4.79 Å². The highest BCUT2D eigenvalue weighted by Crippen LogP contribution is 2.23. The van der Waals surface area contributed by atoms with Gasteiger partial charge in [0.2, 0.25) is 0 Å². The van der Waals surface area contributed by atoms with Crippen LogP contribution in [-0.2, 0) is 0 Å². The first-order chi connectivity index (χ1) is 8.75. The van der Waals surface area contributed by atoms with E-state index in [0.717, 1.165) is 24.0 Å². The molecule has 0 aromatic heterocycles. The molecule has 0 saturated carbocycles. The Morgan fingerprint density at radius 1 is 1.17 bits per heavy atom. The van der Waals surface area contributed by atoms with Crippen LogP contribution in [0.4, 0.5) is 0 Å². The summed E-state index contributed by atoms with van der Waals surface area (Å²) in [5, 5.41) is 5.55. The second-order valence-corrected chi connectivity index (χ2v) is 5.13. The molecule has 2 aromatic carbocycles. The minimum Gasteiger partial charge on any atom is -0.316 e. The van der Waals surface area contributed by atoms with Crippen molar-refractivity contribution in [1.29, 1.82) is 0 Å². The SMILES string of the molecule is CC(C(=O)c1ccc2ccccc2c1)C1CNC1. The molecular formula is C16H17NO. The van der Waals surface area contributed by atoms with E-state index in [1.807, 2.05) is 37.3 Å². The number of fused-ring (bicyclic) bond motifs is 1. The van der Waals surface area contributed by atoms with E-state index in [-0.39, 0.29) is 11.7 Å². The maximum absolute atomic E-state index is 12.4. The molecule has 92 valence electrons. The third-order valence-electron chi connectivity index (χ3n) is 3.97. The molecule has 1 N–H and O–H groups in total. The van der Waals surface area contributed by atoms with Crippen molar-refractivity contribution in [3.8, 4) is 0 Å². The smallest absolute Gasteiger partial charge is 0.166 e. The van der Waals surface area contributed by atoms with Gasteiger partial charge in [-0.25, -0.2) is 0 Å². The molecule has 0 amide bonds. The maximum Gasteiger partial charge on any atom is 0.166 e. The Labute approximate surface area is 107 Å². The number of carbonyl (C=O) groups is 1. The zero-order valence-electron chi connectivity index (χ0n) is 10.5. The Bertz CT molecular complexity index is 586. The quantitative estimate of drug-likeness (QED) is 0.834. The lowest BCUT2D eigenvalue weighted by Gasteiger charge is -2.31. The molecule has 0 bridgehead atoms. The fourth-order valence-corrected chi connectivity index (χ4v) is 2.48. The molecule has 1 unspecified atom stereocenters. The lowest BCUT2D eigenvalue weighted by atomic mass is 9.83. The number of carbonyl (C=O) groups excluding carboxylic acids is 1. The van der Waals surface area contributed by atoms with E-state index in [2.05, 4.69) is 17.4 Å². The summed E-state index contributed by atoms with van der Waals surface area (Å²) in [6.07, 6.45) is 0. The van der Waals surface area contributed by atoms with Crippen LogP contribution in [0.5, 0.6) is 0 Å². The summed E-state index contributed by atoms with van der Waals surface area (Å²) in [5.41, 5.74) is 0.841. The van der Waals surface area contributed by atoms with Crippen molar-refractivity contribution in [3.05, 3.63) is 48.0 Å². The average Bonchev–Trinajstić information content (AvgIpc) is 2.35. The largest absolute Gasteiger partial charge is 0.316 e. The van der Waals surface area contributed by atoms with Gasteiger partial charge in [0.15, 0.2) is 5.78 Å². The fraction of sp³-hybridized carbons (Fsp3) is 0.312. The van der Waals surface area contributed by atoms with Crippen molar-refractivity contribution in [3.63, 3.8) is 0 Å². The number of Topliss-reactive ketones (excluding diaryl/α,β-unsaturated/α-hetero) is 1. The average molecular weight is 239 g/mol. The lowest BCUT2D eigenvalue weighted by molar-refractivity contribution is 0.0854. The van der Waals surface area contributed by atoms with E-state index >= 15 is 0 Å². The van der Waals surface area contributed by atoms with Crippen LogP contribution in [0.1, 0.15) is 17.3 Å². The first-order valence-electron chi connectivity index (χ1n) is 6.49. The molecule has 1 heterocycles. The van der Waals surface area contributed by atoms with Gasteiger partial charge in [0.25, 0.3) is 0 Å². The Kier molecular flexibility index (Phi) is 2.88. The Hall–Kier alpha value is -1.67. The minimum atomic E-state index is 0.118. The van der Waals surface area contributed by atoms with Crippen LogP contribution in [0.3, 0.4) is 0 Å². The summed E-state index contributed by atoms with van der Waals surface area (Å²) in [4.78, 5) is 12.4. The number of hydrogen-bond acceptors (Lipinski definition) is 2. The van der Waals surface area contributed by atoms with Gasteiger partial charge >= 0.3 is 0 Å². The molecule has 2 aromatic rings. The van der Waals surface area contributed by atoms with Gasteiger partial charge in [-0.1, -0.05) is 43.3 Å². The molecule has 0 radical (unpaired) electrons. The zero-order chi connectivity index (χ0) is 12.5. The summed E-state index contributed by atoms with van der Waals surface area (Å²) in [5.74, 6) is 0.892. The summed E-state index contributed by atoms with van der Waals surface area (Å²) in [6.45, 7) is 3.99. The molecule has 3 rings (SSSR count). The summed E-state index contributed by atoms with van der Waals surface area (Å²) >= 11 is 0. The molecule has 1 atom stereocenters. The Morgan fingerprint density at radius 3 is 2.56 bits per heavy atom. The third kappa shape index (κ3) is 1.93. The van der Waals surface area contributed by atoms with E-state index in [1.54, 1.807) is 0 Å². The van der Waals surface area contributed by atoms with Gasteiger partial charge in [0, 0.05) is 11.5 Å². The van der Waals surface area contributed by atoms with E-state index < -0.39 is 0 Å². The first kappa shape index (κ1) is 11.4. The third-order valence-corrected chi connectivity index (χ3v) is 3.97. The molecule has 1 fully saturated rings. The molecule has 0 spiro atoms. The molecule has 1 aliphatic heterocycles. The topological polar surface area (TPSA) is 29.1 Å². The van der Waals surface area contributed by atoms with E-state index in [4.69, 9.17) is 0 Å². The van der Waals surface area contributed by atoms with Crippen LogP contribution >= 0.6 is 0 Å². The van der Waals surface area contributed by atoms with Crippen molar-refractivity contribution in [2.45, 2.75) is 6.92 Å². The van der Waals surface area contributed by atoms with Crippen LogP contribution in [0.25, 0.3) is 10.8 Å². The number of nitrogens with one attached hydrogen (secondary N) is 1. The van der Waals surface area contributed by atoms with Gasteiger partial charge in [-0.05, 0) is 35.8 Å². The summed E-state index contributed by atoms with van der Waals surface area (Å²) in [6, 6.07) is 14.2. The number of rotatable bonds is 3. The van der Waals surface area contributed by atoms with Gasteiger partial charge in [0.05, 0.1) is 0 Å². The van der Waals surface area contributed by atoms with Gasteiger partial charge in [0.1, 0.15) is 0 Å². The highest BCUT2D eigenvalue weighted by molar-refractivity contribution is 6.01. The minimum absolute atomic E-state index is 0.118. The van der Waals surface area contributed by atoms with E-state index in [1.165, 1.54) is 5.39 Å². The van der Waals surface area contributed by atoms with Crippen LogP contribution < -0.4 is 5.32 Å². The molecule has 0 aliphatic carbocycles. The highest BCUT2D eigenvalue weighted by atomic mass is 16.1. The number of ketones is 1. The number of hydrogen-bond donors (Lipinski definition) is 1. The van der Waals surface area contributed by atoms with Crippen LogP contribution in [0.15, 0.2) is 42.5 Å². The summed E-state index contributed by atoms with van der Waals surface area (Å²) in [7, 11) is 0. The predicted molar refractivity (Wildman–Crippen MR) is 73.8 cm³/mol. The zero-order valence-corrected chi connectivity index (χ0v) is 10.5. The number of benzene rings is 2. The van der Waals surface area contributed by atoms with Gasteiger partial charge < -0.3 is 5.32 Å². The fourth-order valence-electron chi connectivity index (χ4n) is 2.48. The van der Waals surface area contributed by atoms with Crippen molar-refractivity contribution < 1.29 is 4.79 Å². The molecule has 2 nitrogen and oxygen atoms in total. The molecule has 1 saturated heterocycles. The van der Waals surface area contributed by atoms with Crippen molar-refractivity contribution in [2.24, 2.45) is 11.8 Å². The maximum atomic E-state index is 12.4. The van der Waals surface area contributed by atoms with Crippen LogP contribution in [0, 0.1) is 11.8 Å². The van der Waals surface area contributed by atoms with E-state index in [9.17, 15) is 4.79 Å². The van der Waals surface area contributed by atoms with Crippen molar-refractivity contribution >= 4 is 16.6 Å². The second-order valence-electron chi connectivity index (χ2n) is 5.13. The van der Waals surface area contributed by atoms with Crippen LogP contribution in [-0.4, -0.2) is 18.9 Å². The normalized spacial score (nSPS) is 17.4. The monoisotopic (exact) mass is 239 g/mol. The Balaban J connectivity index is 1.91. The molecule has 18 heavy (non-hydrogen) atoms. The van der Waals surface area contributed by atoms with Gasteiger partial charge in [-0.2, -0.15) is 0 Å².